The summed E-state index contributed by atoms with van der Waals surface area (Å²) in [5.74, 6) is 0.684. The largest absolute Gasteiger partial charge is 0.389 e. The molecular formula is C19H20ClN3O2S. The zero-order chi connectivity index (χ0) is 18.1. The average Bonchev–Trinajstić information content (AvgIpc) is 3.08. The maximum atomic E-state index is 10.1. The van der Waals surface area contributed by atoms with Crippen molar-refractivity contribution >= 4 is 28.8 Å². The molecule has 0 bridgehead atoms. The summed E-state index contributed by atoms with van der Waals surface area (Å²) in [5.41, 5.74) is 0.588. The van der Waals surface area contributed by atoms with E-state index in [4.69, 9.17) is 16.3 Å². The van der Waals surface area contributed by atoms with Crippen molar-refractivity contribution in [1.29, 1.82) is 5.26 Å². The molecule has 1 saturated heterocycles. The zero-order valence-electron chi connectivity index (χ0n) is 14.2. The number of hydrogen-bond acceptors (Lipinski definition) is 6. The summed E-state index contributed by atoms with van der Waals surface area (Å²) < 4.78 is 5.27. The van der Waals surface area contributed by atoms with Crippen LogP contribution in [0.5, 0.6) is 0 Å². The Bertz CT molecular complexity index is 844. The van der Waals surface area contributed by atoms with Gasteiger partial charge in [-0.1, -0.05) is 11.6 Å². The maximum Gasteiger partial charge on any atom is 0.126 e. The van der Waals surface area contributed by atoms with Crippen LogP contribution in [-0.2, 0) is 10.2 Å². The number of rotatable bonds is 4. The van der Waals surface area contributed by atoms with Crippen LogP contribution in [0.4, 0.5) is 5.82 Å². The standard InChI is InChI=1S/C19H20ClN3O2S/c20-13-9-22-18(23-14-4-7-25-10-15(14)24)8-12(13)16-2-3-17(26-16)19(11-21)5-1-6-19/h2-3,8-9,14-15,24H,1,4-7,10H2,(H,22,23)/t14-,15-/m1/s1. The number of nitrogens with zero attached hydrogens (tertiary/aromatic N) is 2. The van der Waals surface area contributed by atoms with E-state index in [0.717, 1.165) is 41.0 Å². The number of ether oxygens (including phenoxy) is 1. The second-order valence-corrected chi connectivity index (χ2v) is 8.43. The lowest BCUT2D eigenvalue weighted by Gasteiger charge is -2.34. The molecule has 2 fully saturated rings. The molecule has 0 amide bonds. The van der Waals surface area contributed by atoms with Crippen LogP contribution in [0.25, 0.3) is 10.4 Å². The Hall–Kier alpha value is -1.65. The van der Waals surface area contributed by atoms with Gasteiger partial charge < -0.3 is 15.2 Å². The van der Waals surface area contributed by atoms with E-state index in [1.807, 2.05) is 12.1 Å². The number of aliphatic hydroxyl groups is 1. The molecule has 3 heterocycles. The maximum absolute atomic E-state index is 10.1. The van der Waals surface area contributed by atoms with Crippen LogP contribution < -0.4 is 5.32 Å². The molecule has 26 heavy (non-hydrogen) atoms. The lowest BCUT2D eigenvalue weighted by atomic mass is 9.69. The normalized spacial score (nSPS) is 24.5. The SMILES string of the molecule is N#CC1(c2ccc(-c3cc(N[C@@H]4CCOC[C@H]4O)ncc3Cl)s2)CCC1. The van der Waals surface area contributed by atoms with E-state index in [0.29, 0.717) is 24.1 Å². The molecule has 2 aromatic rings. The Morgan fingerprint density at radius 3 is 2.96 bits per heavy atom. The second-order valence-electron chi connectivity index (χ2n) is 6.94. The molecule has 2 aliphatic rings. The average molecular weight is 390 g/mol. The summed E-state index contributed by atoms with van der Waals surface area (Å²) in [6, 6.07) is 8.41. The quantitative estimate of drug-likeness (QED) is 0.827. The number of pyridine rings is 1. The minimum absolute atomic E-state index is 0.0824. The number of nitrogens with one attached hydrogen (secondary N) is 1. The molecule has 1 saturated carbocycles. The van der Waals surface area contributed by atoms with Crippen molar-refractivity contribution in [3.05, 3.63) is 34.3 Å². The van der Waals surface area contributed by atoms with E-state index in [1.165, 1.54) is 0 Å². The number of nitriles is 1. The van der Waals surface area contributed by atoms with Crippen LogP contribution in [0.1, 0.15) is 30.6 Å². The first-order valence-corrected chi connectivity index (χ1v) is 10.0. The lowest BCUT2D eigenvalue weighted by molar-refractivity contribution is -0.0135. The number of hydrogen-bond donors (Lipinski definition) is 2. The van der Waals surface area contributed by atoms with Gasteiger partial charge in [-0.15, -0.1) is 11.3 Å². The molecule has 1 aliphatic carbocycles. The van der Waals surface area contributed by atoms with Crippen molar-refractivity contribution in [3.8, 4) is 16.5 Å². The van der Waals surface area contributed by atoms with Gasteiger partial charge in [0.05, 0.1) is 35.3 Å². The Morgan fingerprint density at radius 2 is 2.27 bits per heavy atom. The van der Waals surface area contributed by atoms with E-state index in [-0.39, 0.29) is 11.5 Å². The fourth-order valence-corrected chi connectivity index (χ4v) is 4.97. The van der Waals surface area contributed by atoms with Gasteiger partial charge in [0.15, 0.2) is 0 Å². The summed E-state index contributed by atoms with van der Waals surface area (Å²) >= 11 is 8.02. The molecule has 1 aliphatic heterocycles. The first-order valence-electron chi connectivity index (χ1n) is 8.81. The van der Waals surface area contributed by atoms with Crippen LogP contribution in [0.15, 0.2) is 24.4 Å². The first kappa shape index (κ1) is 17.7. The molecule has 4 rings (SSSR count). The van der Waals surface area contributed by atoms with Gasteiger partial charge in [0, 0.05) is 28.1 Å². The van der Waals surface area contributed by atoms with Crippen molar-refractivity contribution < 1.29 is 9.84 Å². The summed E-state index contributed by atoms with van der Waals surface area (Å²) in [4.78, 5) is 6.50. The van der Waals surface area contributed by atoms with Crippen molar-refractivity contribution in [3.63, 3.8) is 0 Å². The second kappa shape index (κ2) is 7.16. The monoisotopic (exact) mass is 389 g/mol. The fraction of sp³-hybridized carbons (Fsp3) is 0.474. The van der Waals surface area contributed by atoms with Gasteiger partial charge in [0.1, 0.15) is 5.82 Å². The number of thiophene rings is 1. The van der Waals surface area contributed by atoms with E-state index < -0.39 is 6.10 Å². The Balaban J connectivity index is 1.59. The molecule has 0 unspecified atom stereocenters. The molecule has 2 atom stereocenters. The smallest absolute Gasteiger partial charge is 0.126 e. The van der Waals surface area contributed by atoms with Gasteiger partial charge in [-0.05, 0) is 43.9 Å². The third-order valence-electron chi connectivity index (χ3n) is 5.28. The van der Waals surface area contributed by atoms with Gasteiger partial charge in [0.2, 0.25) is 0 Å². The van der Waals surface area contributed by atoms with E-state index in [2.05, 4.69) is 22.4 Å². The van der Waals surface area contributed by atoms with Gasteiger partial charge in [-0.3, -0.25) is 0 Å². The van der Waals surface area contributed by atoms with Crippen LogP contribution in [0.3, 0.4) is 0 Å². The third kappa shape index (κ3) is 3.21. The predicted octanol–water partition coefficient (Wildman–Crippen LogP) is 3.97. The zero-order valence-corrected chi connectivity index (χ0v) is 15.8. The Labute approximate surface area is 161 Å². The van der Waals surface area contributed by atoms with Crippen molar-refractivity contribution in [2.75, 3.05) is 18.5 Å². The highest BCUT2D eigenvalue weighted by Crippen LogP contribution is 2.47. The first-order chi connectivity index (χ1) is 12.6. The summed E-state index contributed by atoms with van der Waals surface area (Å²) in [5, 5.41) is 23.5. The molecular weight excluding hydrogens is 370 g/mol. The van der Waals surface area contributed by atoms with Gasteiger partial charge in [-0.25, -0.2) is 4.98 Å². The minimum Gasteiger partial charge on any atom is -0.389 e. The number of halogens is 1. The van der Waals surface area contributed by atoms with Gasteiger partial charge >= 0.3 is 0 Å². The van der Waals surface area contributed by atoms with Crippen molar-refractivity contribution in [1.82, 2.24) is 4.98 Å². The summed E-state index contributed by atoms with van der Waals surface area (Å²) in [7, 11) is 0. The predicted molar refractivity (Wildman–Crippen MR) is 103 cm³/mol. The summed E-state index contributed by atoms with van der Waals surface area (Å²) in [6.07, 6.45) is 4.79. The van der Waals surface area contributed by atoms with Crippen molar-refractivity contribution in [2.45, 2.75) is 43.2 Å². The summed E-state index contributed by atoms with van der Waals surface area (Å²) in [6.45, 7) is 0.961. The van der Waals surface area contributed by atoms with Crippen molar-refractivity contribution in [2.24, 2.45) is 0 Å². The highest BCUT2D eigenvalue weighted by molar-refractivity contribution is 7.15. The number of aromatic nitrogens is 1. The molecule has 0 aromatic carbocycles. The van der Waals surface area contributed by atoms with Gasteiger partial charge in [0.25, 0.3) is 0 Å². The molecule has 7 heteroatoms. The van der Waals surface area contributed by atoms with E-state index in [1.54, 1.807) is 17.5 Å². The van der Waals surface area contributed by atoms with Crippen LogP contribution in [0, 0.1) is 11.3 Å². The highest BCUT2D eigenvalue weighted by atomic mass is 35.5. The molecule has 2 aromatic heterocycles. The molecule has 0 radical (unpaired) electrons. The number of aliphatic hydroxyl groups excluding tert-OH is 1. The van der Waals surface area contributed by atoms with Crippen LogP contribution in [0.2, 0.25) is 5.02 Å². The van der Waals surface area contributed by atoms with E-state index >= 15 is 0 Å². The van der Waals surface area contributed by atoms with Crippen LogP contribution in [-0.4, -0.2) is 35.5 Å². The third-order valence-corrected chi connectivity index (χ3v) is 6.90. The molecule has 5 nitrogen and oxygen atoms in total. The Kier molecular flexibility index (Phi) is 4.89. The number of anilines is 1. The molecule has 2 N–H and O–H groups in total. The lowest BCUT2D eigenvalue weighted by Crippen LogP contribution is -2.42. The molecule has 136 valence electrons. The topological polar surface area (TPSA) is 78.2 Å². The van der Waals surface area contributed by atoms with E-state index in [9.17, 15) is 10.4 Å². The highest BCUT2D eigenvalue weighted by Gasteiger charge is 2.40. The Morgan fingerprint density at radius 1 is 1.42 bits per heavy atom. The van der Waals surface area contributed by atoms with Crippen LogP contribution >= 0.6 is 22.9 Å². The van der Waals surface area contributed by atoms with Gasteiger partial charge in [-0.2, -0.15) is 5.26 Å². The minimum atomic E-state index is -0.549. The molecule has 0 spiro atoms. The fourth-order valence-electron chi connectivity index (χ4n) is 3.47.